The molecule has 8 heteroatoms. The van der Waals surface area contributed by atoms with E-state index in [2.05, 4.69) is 36.1 Å². The molecule has 162 valence electrons. The number of benzene rings is 1. The largest absolute Gasteiger partial charge is 0.352 e. The van der Waals surface area contributed by atoms with Crippen molar-refractivity contribution in [3.05, 3.63) is 53.0 Å². The summed E-state index contributed by atoms with van der Waals surface area (Å²) in [5, 5.41) is 0. The highest BCUT2D eigenvalue weighted by Crippen LogP contribution is 2.33. The fraction of sp³-hybridized carbons (Fsp3) is 0.545. The molecule has 2 aromatic rings. The summed E-state index contributed by atoms with van der Waals surface area (Å²) in [6.45, 7) is 4.87. The molecule has 1 saturated heterocycles. The minimum absolute atomic E-state index is 0.0259. The van der Waals surface area contributed by atoms with Crippen LogP contribution in [-0.2, 0) is 23.2 Å². The number of anilines is 1. The Balaban J connectivity index is 1.62. The highest BCUT2D eigenvalue weighted by Gasteiger charge is 2.33. The second-order valence-electron chi connectivity index (χ2n) is 8.47. The topological polar surface area (TPSA) is 69.6 Å². The summed E-state index contributed by atoms with van der Waals surface area (Å²) in [6, 6.07) is 10.5. The van der Waals surface area contributed by atoms with Gasteiger partial charge in [-0.1, -0.05) is 30.3 Å². The van der Waals surface area contributed by atoms with Crippen LogP contribution in [0.15, 0.2) is 30.3 Å². The fourth-order valence-corrected chi connectivity index (χ4v) is 5.63. The lowest BCUT2D eigenvalue weighted by Crippen LogP contribution is -2.45. The van der Waals surface area contributed by atoms with Crippen LogP contribution in [0.1, 0.15) is 47.8 Å². The van der Waals surface area contributed by atoms with Gasteiger partial charge >= 0.3 is 0 Å². The normalized spacial score (nSPS) is 20.4. The monoisotopic (exact) mass is 429 g/mol. The Hall–Kier alpha value is -2.03. The molecule has 1 atom stereocenters. The minimum Gasteiger partial charge on any atom is -0.352 e. The Bertz CT molecular complexity index is 994. The zero-order valence-electron chi connectivity index (χ0n) is 18.1. The van der Waals surface area contributed by atoms with E-state index < -0.39 is 10.2 Å². The van der Waals surface area contributed by atoms with Gasteiger partial charge in [0.15, 0.2) is 0 Å². The molecule has 0 unspecified atom stereocenters. The molecule has 0 saturated carbocycles. The van der Waals surface area contributed by atoms with E-state index in [0.717, 1.165) is 56.1 Å². The predicted octanol–water partition coefficient (Wildman–Crippen LogP) is 2.72. The van der Waals surface area contributed by atoms with E-state index in [1.807, 2.05) is 6.07 Å². The Morgan fingerprint density at radius 3 is 2.60 bits per heavy atom. The average Bonchev–Trinajstić information content (AvgIpc) is 2.75. The molecule has 2 aliphatic rings. The van der Waals surface area contributed by atoms with Gasteiger partial charge in [0.05, 0.1) is 0 Å². The van der Waals surface area contributed by atoms with Crippen molar-refractivity contribution in [1.82, 2.24) is 18.6 Å². The first kappa shape index (κ1) is 21.2. The molecular weight excluding hydrogens is 398 g/mol. The Morgan fingerprint density at radius 1 is 1.10 bits per heavy atom. The molecule has 1 aromatic heterocycles. The second kappa shape index (κ2) is 8.61. The SMILES string of the molecule is Cc1nc([C@H]2CCCN(S(=O)(=O)N(C)C)C2)nc2c1CCCN2Cc1ccccc1. The van der Waals surface area contributed by atoms with Crippen molar-refractivity contribution >= 4 is 16.0 Å². The maximum Gasteiger partial charge on any atom is 0.281 e. The van der Waals surface area contributed by atoms with Crippen LogP contribution in [0.4, 0.5) is 5.82 Å². The Morgan fingerprint density at radius 2 is 1.87 bits per heavy atom. The third kappa shape index (κ3) is 4.22. The van der Waals surface area contributed by atoms with Gasteiger partial charge in [-0.15, -0.1) is 0 Å². The van der Waals surface area contributed by atoms with Gasteiger partial charge in [-0.2, -0.15) is 17.0 Å². The quantitative estimate of drug-likeness (QED) is 0.731. The number of fused-ring (bicyclic) bond motifs is 1. The zero-order chi connectivity index (χ0) is 21.3. The molecule has 4 rings (SSSR count). The molecule has 2 aliphatic heterocycles. The number of nitrogens with zero attached hydrogens (tertiary/aromatic N) is 5. The third-order valence-electron chi connectivity index (χ3n) is 6.12. The van der Waals surface area contributed by atoms with Gasteiger partial charge in [-0.05, 0) is 38.2 Å². The molecular formula is C22H31N5O2S. The number of piperidine rings is 1. The van der Waals surface area contributed by atoms with Gasteiger partial charge in [-0.25, -0.2) is 9.97 Å². The number of hydrogen-bond acceptors (Lipinski definition) is 5. The van der Waals surface area contributed by atoms with Crippen molar-refractivity contribution in [2.45, 2.75) is 45.1 Å². The van der Waals surface area contributed by atoms with E-state index in [1.165, 1.54) is 15.4 Å². The maximum atomic E-state index is 12.6. The zero-order valence-corrected chi connectivity index (χ0v) is 18.9. The lowest BCUT2D eigenvalue weighted by Gasteiger charge is -2.35. The van der Waals surface area contributed by atoms with E-state index >= 15 is 0 Å². The van der Waals surface area contributed by atoms with Gasteiger partial charge in [0.1, 0.15) is 11.6 Å². The molecule has 0 spiro atoms. The Kier molecular flexibility index (Phi) is 6.09. The summed E-state index contributed by atoms with van der Waals surface area (Å²) in [5.74, 6) is 1.84. The predicted molar refractivity (Wildman–Crippen MR) is 119 cm³/mol. The van der Waals surface area contributed by atoms with Crippen LogP contribution in [0.25, 0.3) is 0 Å². The van der Waals surface area contributed by atoms with Crippen LogP contribution in [0.5, 0.6) is 0 Å². The summed E-state index contributed by atoms with van der Waals surface area (Å²) >= 11 is 0. The standard InChI is InChI=1S/C22H31N5O2S/c1-17-20-12-8-13-26(15-18-9-5-4-6-10-18)22(20)24-21(23-17)19-11-7-14-27(16-19)30(28,29)25(2)3/h4-6,9-10,19H,7-8,11-16H2,1-3H3/t19-/m0/s1. The molecule has 1 aromatic carbocycles. The average molecular weight is 430 g/mol. The van der Waals surface area contributed by atoms with E-state index in [4.69, 9.17) is 9.97 Å². The molecule has 0 bridgehead atoms. The number of rotatable bonds is 5. The minimum atomic E-state index is -3.42. The lowest BCUT2D eigenvalue weighted by atomic mass is 9.97. The summed E-state index contributed by atoms with van der Waals surface area (Å²) in [6.07, 6.45) is 3.83. The van der Waals surface area contributed by atoms with E-state index in [9.17, 15) is 8.42 Å². The fourth-order valence-electron chi connectivity index (χ4n) is 4.44. The summed E-state index contributed by atoms with van der Waals surface area (Å²) in [7, 11) is -0.253. The van der Waals surface area contributed by atoms with Crippen molar-refractivity contribution in [3.8, 4) is 0 Å². The van der Waals surface area contributed by atoms with Gasteiger partial charge in [-0.3, -0.25) is 0 Å². The van der Waals surface area contributed by atoms with Crippen molar-refractivity contribution in [3.63, 3.8) is 0 Å². The number of aromatic nitrogens is 2. The Labute approximate surface area is 179 Å². The van der Waals surface area contributed by atoms with Crippen molar-refractivity contribution in [2.24, 2.45) is 0 Å². The first-order chi connectivity index (χ1) is 14.4. The molecule has 0 aliphatic carbocycles. The molecule has 0 N–H and O–H groups in total. The second-order valence-corrected chi connectivity index (χ2v) is 10.6. The van der Waals surface area contributed by atoms with Crippen molar-refractivity contribution in [1.29, 1.82) is 0 Å². The van der Waals surface area contributed by atoms with Gasteiger partial charge in [0.2, 0.25) is 0 Å². The summed E-state index contributed by atoms with van der Waals surface area (Å²) < 4.78 is 28.1. The van der Waals surface area contributed by atoms with Crippen LogP contribution >= 0.6 is 0 Å². The molecule has 3 heterocycles. The highest BCUT2D eigenvalue weighted by atomic mass is 32.2. The van der Waals surface area contributed by atoms with Gasteiger partial charge < -0.3 is 4.90 Å². The lowest BCUT2D eigenvalue weighted by molar-refractivity contribution is 0.293. The highest BCUT2D eigenvalue weighted by molar-refractivity contribution is 7.86. The number of aryl methyl sites for hydroxylation is 1. The van der Waals surface area contributed by atoms with Crippen molar-refractivity contribution in [2.75, 3.05) is 38.6 Å². The van der Waals surface area contributed by atoms with E-state index in [0.29, 0.717) is 13.1 Å². The van der Waals surface area contributed by atoms with Crippen molar-refractivity contribution < 1.29 is 8.42 Å². The number of hydrogen-bond donors (Lipinski definition) is 0. The summed E-state index contributed by atoms with van der Waals surface area (Å²) in [5.41, 5.74) is 3.53. The molecule has 7 nitrogen and oxygen atoms in total. The van der Waals surface area contributed by atoms with Gasteiger partial charge in [0, 0.05) is 57.4 Å². The smallest absolute Gasteiger partial charge is 0.281 e. The molecule has 0 radical (unpaired) electrons. The maximum absolute atomic E-state index is 12.6. The van der Waals surface area contributed by atoms with Crippen LogP contribution in [0, 0.1) is 6.92 Å². The first-order valence-corrected chi connectivity index (χ1v) is 12.1. The van der Waals surface area contributed by atoms with E-state index in [-0.39, 0.29) is 5.92 Å². The van der Waals surface area contributed by atoms with Crippen LogP contribution in [0.3, 0.4) is 0 Å². The summed E-state index contributed by atoms with van der Waals surface area (Å²) in [4.78, 5) is 12.2. The molecule has 30 heavy (non-hydrogen) atoms. The van der Waals surface area contributed by atoms with Crippen LogP contribution < -0.4 is 4.90 Å². The van der Waals surface area contributed by atoms with Crippen LogP contribution in [0.2, 0.25) is 0 Å². The molecule has 1 fully saturated rings. The third-order valence-corrected chi connectivity index (χ3v) is 8.02. The van der Waals surface area contributed by atoms with Gasteiger partial charge in [0.25, 0.3) is 10.2 Å². The van der Waals surface area contributed by atoms with Crippen LogP contribution in [-0.4, -0.2) is 60.7 Å². The molecule has 0 amide bonds. The first-order valence-electron chi connectivity index (χ1n) is 10.7. The van der Waals surface area contributed by atoms with E-state index in [1.54, 1.807) is 18.4 Å².